The number of ether oxygens (including phenoxy) is 1. The summed E-state index contributed by atoms with van der Waals surface area (Å²) in [6.07, 6.45) is 2.64. The van der Waals surface area contributed by atoms with E-state index in [0.29, 0.717) is 30.8 Å². The van der Waals surface area contributed by atoms with E-state index >= 15 is 0 Å². The van der Waals surface area contributed by atoms with Crippen LogP contribution >= 0.6 is 0 Å². The van der Waals surface area contributed by atoms with E-state index in [4.69, 9.17) is 4.74 Å². The van der Waals surface area contributed by atoms with Crippen LogP contribution in [-0.4, -0.2) is 30.5 Å². The summed E-state index contributed by atoms with van der Waals surface area (Å²) in [5.41, 5.74) is 4.03. The number of nitrogens with one attached hydrogen (secondary N) is 1. The second-order valence-electron chi connectivity index (χ2n) is 8.38. The highest BCUT2D eigenvalue weighted by atomic mass is 16.5. The van der Waals surface area contributed by atoms with E-state index in [1.54, 1.807) is 36.4 Å². The van der Waals surface area contributed by atoms with Crippen molar-refractivity contribution in [1.29, 1.82) is 0 Å². The van der Waals surface area contributed by atoms with E-state index in [1.165, 1.54) is 0 Å². The van der Waals surface area contributed by atoms with Crippen molar-refractivity contribution in [1.82, 2.24) is 10.3 Å². The normalized spacial score (nSPS) is 10.5. The first-order chi connectivity index (χ1) is 17.6. The van der Waals surface area contributed by atoms with Crippen LogP contribution in [0.2, 0.25) is 0 Å². The molecule has 0 saturated carbocycles. The maximum Gasteiger partial charge on any atom is 0.258 e. The van der Waals surface area contributed by atoms with Crippen LogP contribution in [0, 0.1) is 0 Å². The van der Waals surface area contributed by atoms with Gasteiger partial charge in [0, 0.05) is 36.1 Å². The minimum absolute atomic E-state index is 0.0724. The highest BCUT2D eigenvalue weighted by Crippen LogP contribution is 2.23. The molecule has 0 aliphatic carbocycles. The lowest BCUT2D eigenvalue weighted by Crippen LogP contribution is -2.31. The molecule has 0 fully saturated rings. The van der Waals surface area contributed by atoms with Gasteiger partial charge in [0.15, 0.2) is 0 Å². The number of pyridine rings is 1. The first kappa shape index (κ1) is 24.7. The predicted octanol–water partition coefficient (Wildman–Crippen LogP) is 4.84. The van der Waals surface area contributed by atoms with Crippen molar-refractivity contribution in [2.24, 2.45) is 0 Å². The summed E-state index contributed by atoms with van der Waals surface area (Å²) in [6.45, 7) is 0.917. The standard InChI is InChI=1S/C30H29N3O3/c1-36-28-15-8-12-25(21-28)30(35)33(22-23-9-3-2-4-10-23)27-14-7-11-24(19-27)20-29(34)32-18-16-26-13-5-6-17-31-26/h2-15,17,19,21H,16,18,20,22H2,1H3,(H,32,34). The molecule has 0 unspecified atom stereocenters. The molecule has 1 heterocycles. The lowest BCUT2D eigenvalue weighted by molar-refractivity contribution is -0.120. The molecule has 6 nitrogen and oxygen atoms in total. The lowest BCUT2D eigenvalue weighted by Gasteiger charge is -2.24. The first-order valence-electron chi connectivity index (χ1n) is 11.9. The molecule has 0 aliphatic rings. The highest BCUT2D eigenvalue weighted by molar-refractivity contribution is 6.06. The third kappa shape index (κ3) is 6.79. The average Bonchev–Trinajstić information content (AvgIpc) is 2.92. The number of aromatic nitrogens is 1. The van der Waals surface area contributed by atoms with E-state index in [0.717, 1.165) is 22.5 Å². The van der Waals surface area contributed by atoms with Crippen molar-refractivity contribution in [3.8, 4) is 5.75 Å². The van der Waals surface area contributed by atoms with Crippen molar-refractivity contribution >= 4 is 17.5 Å². The molecule has 0 spiro atoms. The second-order valence-corrected chi connectivity index (χ2v) is 8.38. The molecule has 0 saturated heterocycles. The average molecular weight is 480 g/mol. The summed E-state index contributed by atoms with van der Waals surface area (Å²) < 4.78 is 5.31. The molecule has 182 valence electrons. The van der Waals surface area contributed by atoms with Gasteiger partial charge in [-0.3, -0.25) is 14.6 Å². The summed E-state index contributed by atoms with van der Waals surface area (Å²) in [7, 11) is 1.58. The minimum atomic E-state index is -0.144. The van der Waals surface area contributed by atoms with Gasteiger partial charge < -0.3 is 15.0 Å². The Bertz CT molecular complexity index is 1290. The van der Waals surface area contributed by atoms with Crippen molar-refractivity contribution in [2.45, 2.75) is 19.4 Å². The van der Waals surface area contributed by atoms with Crippen LogP contribution < -0.4 is 15.0 Å². The van der Waals surface area contributed by atoms with Crippen LogP contribution in [0.4, 0.5) is 5.69 Å². The van der Waals surface area contributed by atoms with Crippen LogP contribution in [0.1, 0.15) is 27.2 Å². The quantitative estimate of drug-likeness (QED) is 0.353. The lowest BCUT2D eigenvalue weighted by atomic mass is 10.1. The summed E-state index contributed by atoms with van der Waals surface area (Å²) >= 11 is 0. The fourth-order valence-electron chi connectivity index (χ4n) is 3.92. The minimum Gasteiger partial charge on any atom is -0.497 e. The van der Waals surface area contributed by atoms with Gasteiger partial charge in [-0.2, -0.15) is 0 Å². The molecule has 4 aromatic rings. The Morgan fingerprint density at radius 1 is 0.861 bits per heavy atom. The fraction of sp³-hybridized carbons (Fsp3) is 0.167. The molecular formula is C30H29N3O3. The molecule has 36 heavy (non-hydrogen) atoms. The van der Waals surface area contributed by atoms with Crippen LogP contribution in [0.3, 0.4) is 0 Å². The summed E-state index contributed by atoms with van der Waals surface area (Å²) in [4.78, 5) is 32.2. The highest BCUT2D eigenvalue weighted by Gasteiger charge is 2.19. The van der Waals surface area contributed by atoms with E-state index in [1.807, 2.05) is 78.9 Å². The zero-order chi connectivity index (χ0) is 25.2. The molecule has 0 aliphatic heterocycles. The third-order valence-corrected chi connectivity index (χ3v) is 5.76. The molecule has 6 heteroatoms. The Morgan fingerprint density at radius 2 is 1.64 bits per heavy atom. The smallest absolute Gasteiger partial charge is 0.258 e. The molecule has 4 rings (SSSR count). The number of carbonyl (C=O) groups is 2. The van der Waals surface area contributed by atoms with Crippen LogP contribution in [0.5, 0.6) is 5.75 Å². The van der Waals surface area contributed by atoms with Gasteiger partial charge in [-0.15, -0.1) is 0 Å². The number of hydrogen-bond donors (Lipinski definition) is 1. The zero-order valence-electron chi connectivity index (χ0n) is 20.3. The maximum absolute atomic E-state index is 13.6. The zero-order valence-corrected chi connectivity index (χ0v) is 20.3. The number of anilines is 1. The van der Waals surface area contributed by atoms with Gasteiger partial charge in [-0.25, -0.2) is 0 Å². The molecule has 1 N–H and O–H groups in total. The van der Waals surface area contributed by atoms with E-state index < -0.39 is 0 Å². The number of carbonyl (C=O) groups excluding carboxylic acids is 2. The Labute approximate surface area is 211 Å². The molecule has 0 radical (unpaired) electrons. The van der Waals surface area contributed by atoms with Gasteiger partial charge in [-0.1, -0.05) is 54.6 Å². The molecular weight excluding hydrogens is 450 g/mol. The van der Waals surface area contributed by atoms with E-state index in [-0.39, 0.29) is 18.2 Å². The monoisotopic (exact) mass is 479 g/mol. The van der Waals surface area contributed by atoms with Crippen molar-refractivity contribution < 1.29 is 14.3 Å². The van der Waals surface area contributed by atoms with Crippen LogP contribution in [-0.2, 0) is 24.2 Å². The number of rotatable bonds is 10. The van der Waals surface area contributed by atoms with Gasteiger partial charge in [0.2, 0.25) is 5.91 Å². The van der Waals surface area contributed by atoms with Gasteiger partial charge in [0.05, 0.1) is 20.1 Å². The Hall–Kier alpha value is -4.45. The third-order valence-electron chi connectivity index (χ3n) is 5.76. The summed E-state index contributed by atoms with van der Waals surface area (Å²) in [5.74, 6) is 0.406. The number of methoxy groups -OCH3 is 1. The Kier molecular flexibility index (Phi) is 8.44. The fourth-order valence-corrected chi connectivity index (χ4v) is 3.92. The number of nitrogens with zero attached hydrogens (tertiary/aromatic N) is 2. The Balaban J connectivity index is 1.50. The van der Waals surface area contributed by atoms with E-state index in [2.05, 4.69) is 10.3 Å². The van der Waals surface area contributed by atoms with Crippen molar-refractivity contribution in [3.63, 3.8) is 0 Å². The largest absolute Gasteiger partial charge is 0.497 e. The van der Waals surface area contributed by atoms with Crippen molar-refractivity contribution in [3.05, 3.63) is 126 Å². The van der Waals surface area contributed by atoms with Gasteiger partial charge in [0.1, 0.15) is 5.75 Å². The SMILES string of the molecule is COc1cccc(C(=O)N(Cc2ccccc2)c2cccc(CC(=O)NCCc3ccccn3)c2)c1. The molecule has 3 aromatic carbocycles. The van der Waals surface area contributed by atoms with Crippen molar-refractivity contribution in [2.75, 3.05) is 18.6 Å². The summed E-state index contributed by atoms with van der Waals surface area (Å²) in [5, 5.41) is 2.96. The summed E-state index contributed by atoms with van der Waals surface area (Å²) in [6, 6.07) is 30.3. The topological polar surface area (TPSA) is 71.5 Å². The maximum atomic E-state index is 13.6. The second kappa shape index (κ2) is 12.3. The van der Waals surface area contributed by atoms with Gasteiger partial charge in [-0.05, 0) is 53.6 Å². The molecule has 1 aromatic heterocycles. The predicted molar refractivity (Wildman–Crippen MR) is 141 cm³/mol. The number of amides is 2. The Morgan fingerprint density at radius 3 is 2.42 bits per heavy atom. The first-order valence-corrected chi connectivity index (χ1v) is 11.9. The van der Waals surface area contributed by atoms with Gasteiger partial charge in [0.25, 0.3) is 5.91 Å². The molecule has 2 amide bonds. The molecule has 0 atom stereocenters. The van der Waals surface area contributed by atoms with E-state index in [9.17, 15) is 9.59 Å². The molecule has 0 bridgehead atoms. The van der Waals surface area contributed by atoms with Crippen LogP contribution in [0.15, 0.2) is 103 Å². The van der Waals surface area contributed by atoms with Crippen LogP contribution in [0.25, 0.3) is 0 Å². The number of benzene rings is 3. The van der Waals surface area contributed by atoms with Gasteiger partial charge >= 0.3 is 0 Å². The number of hydrogen-bond acceptors (Lipinski definition) is 4.